The number of piperidine rings is 1. The van der Waals surface area contributed by atoms with Gasteiger partial charge in [0.25, 0.3) is 5.91 Å². The molecule has 0 unspecified atom stereocenters. The lowest BCUT2D eigenvalue weighted by Gasteiger charge is -2.42. The molecule has 8 nitrogen and oxygen atoms in total. The number of carbonyl (C=O) groups is 1. The van der Waals surface area contributed by atoms with Gasteiger partial charge in [0, 0.05) is 17.6 Å². The van der Waals surface area contributed by atoms with Gasteiger partial charge in [0.1, 0.15) is 17.1 Å². The number of aromatic nitrogens is 3. The van der Waals surface area contributed by atoms with Gasteiger partial charge in [-0.1, -0.05) is 6.07 Å². The predicted molar refractivity (Wildman–Crippen MR) is 141 cm³/mol. The third kappa shape index (κ3) is 6.19. The van der Waals surface area contributed by atoms with Crippen molar-refractivity contribution in [3.8, 4) is 5.75 Å². The minimum atomic E-state index is -4.65. The second-order valence-corrected chi connectivity index (χ2v) is 11.4. The molecule has 3 aromatic rings. The predicted octanol–water partition coefficient (Wildman–Crippen LogP) is 5.15. The van der Waals surface area contributed by atoms with E-state index in [9.17, 15) is 23.1 Å². The number of nitrogens with one attached hydrogen (secondary N) is 1. The smallest absolute Gasteiger partial charge is 0.433 e. The number of aliphatic hydroxyl groups is 1. The van der Waals surface area contributed by atoms with Gasteiger partial charge in [0.05, 0.1) is 29.5 Å². The van der Waals surface area contributed by atoms with Crippen LogP contribution in [-0.4, -0.2) is 63.0 Å². The number of rotatable bonds is 7. The highest BCUT2D eigenvalue weighted by molar-refractivity contribution is 6.05. The van der Waals surface area contributed by atoms with Crippen molar-refractivity contribution in [2.45, 2.75) is 57.3 Å². The van der Waals surface area contributed by atoms with E-state index in [4.69, 9.17) is 9.84 Å². The van der Waals surface area contributed by atoms with E-state index in [1.54, 1.807) is 12.1 Å². The summed E-state index contributed by atoms with van der Waals surface area (Å²) >= 11 is 0. The standard InChI is InChI=1S/C28H34F3N5O3/c1-27(2,38)19-12-20(13-19)36-15-18-11-23(33-26(37)21-5-4-6-25(32-21)28(29,30)31)24(14-22(18)34-36)39-16-17-7-9-35(3)10-8-17/h4-6,11,14-15,17,19-20,38H,7-10,12-13,16H2,1-3H3,(H,33,37). The summed E-state index contributed by atoms with van der Waals surface area (Å²) in [6.07, 6.45) is 0.835. The number of hydrogen-bond donors (Lipinski definition) is 2. The third-order valence-electron chi connectivity index (χ3n) is 7.94. The van der Waals surface area contributed by atoms with Crippen molar-refractivity contribution in [1.82, 2.24) is 19.7 Å². The molecule has 11 heteroatoms. The fourth-order valence-electron chi connectivity index (χ4n) is 5.20. The van der Waals surface area contributed by atoms with Crippen LogP contribution in [0.1, 0.15) is 61.8 Å². The molecule has 1 aromatic carbocycles. The van der Waals surface area contributed by atoms with Crippen LogP contribution in [-0.2, 0) is 6.18 Å². The van der Waals surface area contributed by atoms with E-state index in [2.05, 4.69) is 22.2 Å². The molecule has 210 valence electrons. The van der Waals surface area contributed by atoms with Crippen molar-refractivity contribution in [3.05, 3.63) is 47.9 Å². The second-order valence-electron chi connectivity index (χ2n) is 11.4. The summed E-state index contributed by atoms with van der Waals surface area (Å²) in [5.74, 6) is 0.203. The van der Waals surface area contributed by atoms with Gasteiger partial charge in [-0.2, -0.15) is 18.3 Å². The maximum atomic E-state index is 13.1. The van der Waals surface area contributed by atoms with Crippen LogP contribution < -0.4 is 10.1 Å². The van der Waals surface area contributed by atoms with Gasteiger partial charge in [-0.25, -0.2) is 4.98 Å². The molecule has 0 spiro atoms. The highest BCUT2D eigenvalue weighted by Gasteiger charge is 2.40. The van der Waals surface area contributed by atoms with Crippen LogP contribution in [0, 0.1) is 11.8 Å². The van der Waals surface area contributed by atoms with Crippen LogP contribution in [0.4, 0.5) is 18.9 Å². The maximum absolute atomic E-state index is 13.1. The van der Waals surface area contributed by atoms with Gasteiger partial charge in [0.2, 0.25) is 0 Å². The van der Waals surface area contributed by atoms with E-state index in [0.717, 1.165) is 56.3 Å². The minimum Gasteiger partial charge on any atom is -0.491 e. The van der Waals surface area contributed by atoms with Gasteiger partial charge in [-0.3, -0.25) is 9.48 Å². The van der Waals surface area contributed by atoms with E-state index in [0.29, 0.717) is 29.5 Å². The Morgan fingerprint density at radius 1 is 1.18 bits per heavy atom. The number of halogens is 3. The minimum absolute atomic E-state index is 0.157. The van der Waals surface area contributed by atoms with Crippen LogP contribution in [0.25, 0.3) is 10.9 Å². The number of ether oxygens (including phenoxy) is 1. The van der Waals surface area contributed by atoms with Crippen LogP contribution >= 0.6 is 0 Å². The molecule has 1 aliphatic carbocycles. The Morgan fingerprint density at radius 2 is 1.90 bits per heavy atom. The first-order valence-corrected chi connectivity index (χ1v) is 13.3. The summed E-state index contributed by atoms with van der Waals surface area (Å²) in [5.41, 5.74) is -1.17. The number of amides is 1. The van der Waals surface area contributed by atoms with Crippen LogP contribution in [0.2, 0.25) is 0 Å². The van der Waals surface area contributed by atoms with Crippen molar-refractivity contribution in [2.24, 2.45) is 11.8 Å². The molecule has 0 atom stereocenters. The van der Waals surface area contributed by atoms with Gasteiger partial charge >= 0.3 is 6.18 Å². The quantitative estimate of drug-likeness (QED) is 0.427. The van der Waals surface area contributed by atoms with E-state index in [1.807, 2.05) is 24.7 Å². The molecule has 39 heavy (non-hydrogen) atoms. The molecule has 0 radical (unpaired) electrons. The summed E-state index contributed by atoms with van der Waals surface area (Å²) < 4.78 is 47.5. The van der Waals surface area contributed by atoms with Gasteiger partial charge < -0.3 is 20.1 Å². The summed E-state index contributed by atoms with van der Waals surface area (Å²) in [6.45, 7) is 6.05. The summed E-state index contributed by atoms with van der Waals surface area (Å²) in [6, 6.07) is 6.90. The number of carbonyl (C=O) groups excluding carboxylic acids is 1. The van der Waals surface area contributed by atoms with E-state index in [-0.39, 0.29) is 17.7 Å². The number of anilines is 1. The Hall–Kier alpha value is -3.18. The average Bonchev–Trinajstić information content (AvgIpc) is 3.23. The monoisotopic (exact) mass is 545 g/mol. The first-order valence-electron chi connectivity index (χ1n) is 13.3. The normalized spacial score (nSPS) is 21.1. The third-order valence-corrected chi connectivity index (χ3v) is 7.94. The summed E-state index contributed by atoms with van der Waals surface area (Å²) in [7, 11) is 2.09. The van der Waals surface area contributed by atoms with Crippen molar-refractivity contribution in [2.75, 3.05) is 32.1 Å². The van der Waals surface area contributed by atoms with Crippen molar-refractivity contribution >= 4 is 22.5 Å². The molecule has 1 aliphatic heterocycles. The molecule has 5 rings (SSSR count). The molecule has 0 bridgehead atoms. The zero-order valence-electron chi connectivity index (χ0n) is 22.3. The average molecular weight is 546 g/mol. The molecule has 3 heterocycles. The lowest BCUT2D eigenvalue weighted by molar-refractivity contribution is -0.141. The molecule has 2 aromatic heterocycles. The molecule has 2 fully saturated rings. The first-order chi connectivity index (χ1) is 18.4. The van der Waals surface area contributed by atoms with Crippen LogP contribution in [0.15, 0.2) is 36.5 Å². The van der Waals surface area contributed by atoms with Crippen molar-refractivity contribution < 1.29 is 27.8 Å². The van der Waals surface area contributed by atoms with Gasteiger partial charge in [-0.05, 0) is 89.7 Å². The number of alkyl halides is 3. The van der Waals surface area contributed by atoms with Crippen molar-refractivity contribution in [3.63, 3.8) is 0 Å². The van der Waals surface area contributed by atoms with Crippen LogP contribution in [0.5, 0.6) is 5.75 Å². The lowest BCUT2D eigenvalue weighted by Crippen LogP contribution is -2.41. The lowest BCUT2D eigenvalue weighted by atomic mass is 9.71. The zero-order chi connectivity index (χ0) is 27.9. The summed E-state index contributed by atoms with van der Waals surface area (Å²) in [4.78, 5) is 18.8. The Morgan fingerprint density at radius 3 is 2.56 bits per heavy atom. The fraction of sp³-hybridized carbons (Fsp3) is 0.536. The topological polar surface area (TPSA) is 92.5 Å². The Kier molecular flexibility index (Phi) is 7.32. The Bertz CT molecular complexity index is 1340. The van der Waals surface area contributed by atoms with Gasteiger partial charge in [0.15, 0.2) is 0 Å². The molecular weight excluding hydrogens is 511 g/mol. The first kappa shape index (κ1) is 27.4. The second kappa shape index (κ2) is 10.4. The Balaban J connectivity index is 1.40. The Labute approximate surface area is 225 Å². The number of pyridine rings is 1. The van der Waals surface area contributed by atoms with Crippen LogP contribution in [0.3, 0.4) is 0 Å². The molecule has 1 saturated carbocycles. The maximum Gasteiger partial charge on any atom is 0.433 e. The molecule has 2 aliphatic rings. The van der Waals surface area contributed by atoms with E-state index < -0.39 is 23.4 Å². The number of nitrogens with zero attached hydrogens (tertiary/aromatic N) is 4. The van der Waals surface area contributed by atoms with Crippen molar-refractivity contribution in [1.29, 1.82) is 0 Å². The number of benzene rings is 1. The molecule has 1 amide bonds. The van der Waals surface area contributed by atoms with E-state index >= 15 is 0 Å². The van der Waals surface area contributed by atoms with E-state index in [1.165, 1.54) is 6.07 Å². The highest BCUT2D eigenvalue weighted by Crippen LogP contribution is 2.44. The zero-order valence-corrected chi connectivity index (χ0v) is 22.3. The highest BCUT2D eigenvalue weighted by atomic mass is 19.4. The number of fused-ring (bicyclic) bond motifs is 1. The molecule has 1 saturated heterocycles. The number of hydrogen-bond acceptors (Lipinski definition) is 6. The SMILES string of the molecule is CN1CCC(COc2cc3nn(C4CC(C(C)(C)O)C4)cc3cc2NC(=O)c2cccc(C(F)(F)F)n2)CC1. The van der Waals surface area contributed by atoms with Gasteiger partial charge in [-0.15, -0.1) is 0 Å². The summed E-state index contributed by atoms with van der Waals surface area (Å²) in [5, 5.41) is 18.5. The molecular formula is C28H34F3N5O3. The fourth-order valence-corrected chi connectivity index (χ4v) is 5.20. The number of likely N-dealkylation sites (tertiary alicyclic amines) is 1. The largest absolute Gasteiger partial charge is 0.491 e. The molecule has 2 N–H and O–H groups in total.